The van der Waals surface area contributed by atoms with Gasteiger partial charge in [0.25, 0.3) is 0 Å². The van der Waals surface area contributed by atoms with Gasteiger partial charge in [0.2, 0.25) is 0 Å². The zero-order chi connectivity index (χ0) is 19.9. The first kappa shape index (κ1) is 23.1. The Morgan fingerprint density at radius 3 is 1.78 bits per heavy atom. The maximum atomic E-state index is 5.97. The Balaban J connectivity index is 1.43. The van der Waals surface area contributed by atoms with Crippen molar-refractivity contribution in [2.75, 3.05) is 78.7 Å². The van der Waals surface area contributed by atoms with Gasteiger partial charge in [-0.1, -0.05) is 41.5 Å². The van der Waals surface area contributed by atoms with Crippen LogP contribution < -0.4 is 0 Å². The fourth-order valence-corrected chi connectivity index (χ4v) is 3.50. The molecule has 5 nitrogen and oxygen atoms in total. The highest BCUT2D eigenvalue weighted by molar-refractivity contribution is 4.82. The van der Waals surface area contributed by atoms with Gasteiger partial charge in [0.05, 0.1) is 25.9 Å². The quantitative estimate of drug-likeness (QED) is 0.541. The third-order valence-electron chi connectivity index (χ3n) is 5.18. The summed E-state index contributed by atoms with van der Waals surface area (Å²) in [6.45, 7) is 26.5. The van der Waals surface area contributed by atoms with Crippen LogP contribution in [0.5, 0.6) is 0 Å². The highest BCUT2D eigenvalue weighted by atomic mass is 16.5. The van der Waals surface area contributed by atoms with E-state index in [1.54, 1.807) is 0 Å². The number of hydrogen-bond acceptors (Lipinski definition) is 5. The Bertz CT molecular complexity index is 403. The van der Waals surface area contributed by atoms with Crippen molar-refractivity contribution in [1.29, 1.82) is 0 Å². The Morgan fingerprint density at radius 2 is 1.22 bits per heavy atom. The Morgan fingerprint density at radius 1 is 0.704 bits per heavy atom. The number of piperazine rings is 1. The number of ether oxygens (including phenoxy) is 2. The maximum absolute atomic E-state index is 5.97. The van der Waals surface area contributed by atoms with E-state index in [-0.39, 0.29) is 10.8 Å². The van der Waals surface area contributed by atoms with Gasteiger partial charge in [-0.05, 0) is 30.3 Å². The van der Waals surface area contributed by atoms with Crippen molar-refractivity contribution < 1.29 is 9.47 Å². The molecule has 0 atom stereocenters. The molecule has 0 aromatic heterocycles. The summed E-state index contributed by atoms with van der Waals surface area (Å²) in [5, 5.41) is 0. The average Bonchev–Trinajstić information content (AvgIpc) is 2.52. The molecule has 160 valence electrons. The topological polar surface area (TPSA) is 28.2 Å². The number of nitrogens with zero attached hydrogens (tertiary/aromatic N) is 3. The Hall–Kier alpha value is -0.200. The Kier molecular flexibility index (Phi) is 9.01. The highest BCUT2D eigenvalue weighted by Gasteiger charge is 2.28. The van der Waals surface area contributed by atoms with Crippen molar-refractivity contribution in [3.63, 3.8) is 0 Å². The van der Waals surface area contributed by atoms with Crippen molar-refractivity contribution in [3.8, 4) is 0 Å². The van der Waals surface area contributed by atoms with Crippen LogP contribution in [-0.4, -0.2) is 99.5 Å². The van der Waals surface area contributed by atoms with Crippen molar-refractivity contribution in [1.82, 2.24) is 14.7 Å². The zero-order valence-electron chi connectivity index (χ0n) is 18.9. The van der Waals surface area contributed by atoms with Crippen molar-refractivity contribution in [2.24, 2.45) is 10.8 Å². The molecule has 2 heterocycles. The molecule has 0 unspecified atom stereocenters. The molecule has 0 radical (unpaired) electrons. The predicted molar refractivity (Wildman–Crippen MR) is 113 cm³/mol. The van der Waals surface area contributed by atoms with Gasteiger partial charge >= 0.3 is 0 Å². The van der Waals surface area contributed by atoms with Crippen LogP contribution >= 0.6 is 0 Å². The van der Waals surface area contributed by atoms with Crippen molar-refractivity contribution in [2.45, 2.75) is 54.1 Å². The lowest BCUT2D eigenvalue weighted by molar-refractivity contribution is -0.0762. The Labute approximate surface area is 168 Å². The third-order valence-corrected chi connectivity index (χ3v) is 5.18. The fraction of sp³-hybridized carbons (Fsp3) is 1.00. The number of rotatable bonds is 10. The van der Waals surface area contributed by atoms with Gasteiger partial charge in [0.1, 0.15) is 0 Å². The molecule has 0 saturated carbocycles. The molecule has 2 aliphatic heterocycles. The fourth-order valence-electron chi connectivity index (χ4n) is 3.50. The van der Waals surface area contributed by atoms with Crippen LogP contribution in [0, 0.1) is 10.8 Å². The van der Waals surface area contributed by atoms with E-state index in [0.29, 0.717) is 6.10 Å². The first-order chi connectivity index (χ1) is 12.6. The molecule has 27 heavy (non-hydrogen) atoms. The molecule has 0 aromatic rings. The molecule has 0 bridgehead atoms. The smallest absolute Gasteiger partial charge is 0.0828 e. The lowest BCUT2D eigenvalue weighted by Crippen LogP contribution is -2.53. The van der Waals surface area contributed by atoms with E-state index in [4.69, 9.17) is 9.47 Å². The molecular formula is C22H45N3O2. The summed E-state index contributed by atoms with van der Waals surface area (Å²) < 4.78 is 11.8. The second-order valence-electron chi connectivity index (χ2n) is 10.9. The molecule has 2 fully saturated rings. The summed E-state index contributed by atoms with van der Waals surface area (Å²) in [7, 11) is 0. The van der Waals surface area contributed by atoms with Gasteiger partial charge < -0.3 is 14.4 Å². The summed E-state index contributed by atoms with van der Waals surface area (Å²) in [6.07, 6.45) is 1.74. The summed E-state index contributed by atoms with van der Waals surface area (Å²) in [5.74, 6) is 0. The predicted octanol–water partition coefficient (Wildman–Crippen LogP) is 2.80. The molecule has 5 heteroatoms. The average molecular weight is 384 g/mol. The van der Waals surface area contributed by atoms with Crippen LogP contribution in [0.4, 0.5) is 0 Å². The molecule has 0 amide bonds. The van der Waals surface area contributed by atoms with E-state index in [2.05, 4.69) is 56.2 Å². The van der Waals surface area contributed by atoms with Crippen LogP contribution in [0.3, 0.4) is 0 Å². The highest BCUT2D eigenvalue weighted by Crippen LogP contribution is 2.18. The molecule has 2 rings (SSSR count). The summed E-state index contributed by atoms with van der Waals surface area (Å²) >= 11 is 0. The van der Waals surface area contributed by atoms with E-state index in [1.807, 2.05) is 0 Å². The van der Waals surface area contributed by atoms with E-state index in [1.165, 1.54) is 45.7 Å². The minimum atomic E-state index is 0.272. The molecule has 2 aliphatic rings. The van der Waals surface area contributed by atoms with Gasteiger partial charge in [0, 0.05) is 45.8 Å². The van der Waals surface area contributed by atoms with Crippen LogP contribution in [0.25, 0.3) is 0 Å². The molecule has 0 aromatic carbocycles. The molecule has 0 aliphatic carbocycles. The monoisotopic (exact) mass is 383 g/mol. The summed E-state index contributed by atoms with van der Waals surface area (Å²) in [5.41, 5.74) is 0.551. The SMILES string of the molecule is CC(C)(C)COCCN1CCN(CCCN2CC(OCC(C)(C)C)C2)CC1. The zero-order valence-corrected chi connectivity index (χ0v) is 18.9. The van der Waals surface area contributed by atoms with E-state index in [9.17, 15) is 0 Å². The van der Waals surface area contributed by atoms with Crippen molar-refractivity contribution in [3.05, 3.63) is 0 Å². The number of hydrogen-bond donors (Lipinski definition) is 0. The van der Waals surface area contributed by atoms with Crippen molar-refractivity contribution >= 4 is 0 Å². The van der Waals surface area contributed by atoms with Gasteiger partial charge in [-0.2, -0.15) is 0 Å². The minimum Gasteiger partial charge on any atom is -0.380 e. The normalized spacial score (nSPS) is 21.6. The maximum Gasteiger partial charge on any atom is 0.0828 e. The van der Waals surface area contributed by atoms with Gasteiger partial charge in [-0.15, -0.1) is 0 Å². The van der Waals surface area contributed by atoms with Crippen LogP contribution in [0.15, 0.2) is 0 Å². The first-order valence-electron chi connectivity index (χ1n) is 11.0. The first-order valence-corrected chi connectivity index (χ1v) is 11.0. The summed E-state index contributed by atoms with van der Waals surface area (Å²) in [4.78, 5) is 7.71. The second-order valence-corrected chi connectivity index (χ2v) is 10.9. The van der Waals surface area contributed by atoms with Crippen LogP contribution in [0.1, 0.15) is 48.0 Å². The second kappa shape index (κ2) is 10.5. The molecule has 2 saturated heterocycles. The lowest BCUT2D eigenvalue weighted by Gasteiger charge is -2.40. The van der Waals surface area contributed by atoms with Gasteiger partial charge in [-0.3, -0.25) is 9.80 Å². The van der Waals surface area contributed by atoms with Crippen LogP contribution in [0.2, 0.25) is 0 Å². The van der Waals surface area contributed by atoms with Crippen LogP contribution in [-0.2, 0) is 9.47 Å². The number of likely N-dealkylation sites (tertiary alicyclic amines) is 1. The molecule has 0 spiro atoms. The van der Waals surface area contributed by atoms with Gasteiger partial charge in [-0.25, -0.2) is 0 Å². The standard InChI is InChI=1S/C22H45N3O2/c1-21(2,3)18-26-15-14-24-12-10-23(11-13-24)8-7-9-25-16-20(17-25)27-19-22(4,5)6/h20H,7-19H2,1-6H3. The lowest BCUT2D eigenvalue weighted by atomic mass is 9.98. The molecular weight excluding hydrogens is 338 g/mol. The molecule has 0 N–H and O–H groups in total. The largest absolute Gasteiger partial charge is 0.380 e. The van der Waals surface area contributed by atoms with E-state index < -0.39 is 0 Å². The minimum absolute atomic E-state index is 0.272. The van der Waals surface area contributed by atoms with Gasteiger partial charge in [0.15, 0.2) is 0 Å². The third kappa shape index (κ3) is 10.2. The van der Waals surface area contributed by atoms with E-state index in [0.717, 1.165) is 39.5 Å². The summed E-state index contributed by atoms with van der Waals surface area (Å²) in [6, 6.07) is 0. The van der Waals surface area contributed by atoms with E-state index >= 15 is 0 Å².